The van der Waals surface area contributed by atoms with E-state index in [0.717, 1.165) is 11.0 Å². The number of primary amides is 1. The second-order valence-corrected chi connectivity index (χ2v) is 4.15. The highest BCUT2D eigenvalue weighted by molar-refractivity contribution is 5.99. The Balaban J connectivity index is 2.21. The number of nitrogens with one attached hydrogen (secondary N) is 1. The fourth-order valence-corrected chi connectivity index (χ4v) is 1.78. The molecule has 1 aliphatic rings. The fraction of sp³-hybridized carbons (Fsp3) is 0.250. The highest BCUT2D eigenvalue weighted by Gasteiger charge is 2.26. The van der Waals surface area contributed by atoms with Crippen molar-refractivity contribution >= 4 is 17.7 Å². The van der Waals surface area contributed by atoms with E-state index in [9.17, 15) is 18.8 Å². The molecule has 1 fully saturated rings. The molecular weight excluding hydrogens is 253 g/mol. The van der Waals surface area contributed by atoms with Crippen molar-refractivity contribution in [1.29, 1.82) is 0 Å². The maximum Gasteiger partial charge on any atom is 0.248 e. The smallest absolute Gasteiger partial charge is 0.248 e. The molecule has 1 aliphatic heterocycles. The second kappa shape index (κ2) is 5.15. The fourth-order valence-electron chi connectivity index (χ4n) is 1.78. The number of carbonyl (C=O) groups is 3. The molecule has 0 atom stereocenters. The average Bonchev–Trinajstić information content (AvgIpc) is 2.35. The van der Waals surface area contributed by atoms with Crippen molar-refractivity contribution < 1.29 is 18.8 Å². The summed E-state index contributed by atoms with van der Waals surface area (Å²) in [6.07, 6.45) is 0. The Morgan fingerprint density at radius 2 is 1.95 bits per heavy atom. The maximum atomic E-state index is 13.7. The topological polar surface area (TPSA) is 92.5 Å². The van der Waals surface area contributed by atoms with E-state index in [1.54, 1.807) is 0 Å². The van der Waals surface area contributed by atoms with Crippen molar-refractivity contribution in [3.8, 4) is 0 Å². The minimum Gasteiger partial charge on any atom is -0.366 e. The van der Waals surface area contributed by atoms with Gasteiger partial charge in [0.25, 0.3) is 0 Å². The lowest BCUT2D eigenvalue weighted by molar-refractivity contribution is -0.147. The van der Waals surface area contributed by atoms with Crippen LogP contribution in [0, 0.1) is 5.82 Å². The number of halogens is 1. The van der Waals surface area contributed by atoms with Crippen LogP contribution in [0.25, 0.3) is 0 Å². The summed E-state index contributed by atoms with van der Waals surface area (Å²) in [5, 5.41) is 2.64. The summed E-state index contributed by atoms with van der Waals surface area (Å²) < 4.78 is 13.7. The molecule has 100 valence electrons. The molecule has 0 aliphatic carbocycles. The van der Waals surface area contributed by atoms with Gasteiger partial charge in [-0.25, -0.2) is 4.39 Å². The van der Waals surface area contributed by atoms with Gasteiger partial charge in [-0.2, -0.15) is 0 Å². The third-order valence-corrected chi connectivity index (χ3v) is 2.82. The van der Waals surface area contributed by atoms with Crippen LogP contribution in [-0.4, -0.2) is 35.7 Å². The predicted molar refractivity (Wildman–Crippen MR) is 63.3 cm³/mol. The van der Waals surface area contributed by atoms with Crippen molar-refractivity contribution in [2.75, 3.05) is 13.1 Å². The Labute approximate surface area is 108 Å². The Kier molecular flexibility index (Phi) is 3.57. The van der Waals surface area contributed by atoms with Crippen molar-refractivity contribution in [3.05, 3.63) is 35.1 Å². The molecule has 0 saturated carbocycles. The Bertz CT molecular complexity index is 543. The molecule has 1 aromatic rings. The van der Waals surface area contributed by atoms with Crippen LogP contribution in [0.15, 0.2) is 18.2 Å². The molecule has 0 radical (unpaired) electrons. The van der Waals surface area contributed by atoms with E-state index in [-0.39, 0.29) is 30.8 Å². The van der Waals surface area contributed by atoms with Gasteiger partial charge < -0.3 is 5.73 Å². The normalized spacial score (nSPS) is 15.7. The van der Waals surface area contributed by atoms with Gasteiger partial charge in [0.15, 0.2) is 0 Å². The van der Waals surface area contributed by atoms with E-state index >= 15 is 0 Å². The first-order valence-electron chi connectivity index (χ1n) is 5.61. The van der Waals surface area contributed by atoms with Crippen LogP contribution in [0.1, 0.15) is 15.9 Å². The van der Waals surface area contributed by atoms with Crippen LogP contribution >= 0.6 is 0 Å². The third kappa shape index (κ3) is 2.76. The maximum absolute atomic E-state index is 13.7. The zero-order chi connectivity index (χ0) is 14.0. The molecule has 2 rings (SSSR count). The number of nitrogens with two attached hydrogens (primary N) is 1. The zero-order valence-corrected chi connectivity index (χ0v) is 9.98. The van der Waals surface area contributed by atoms with Gasteiger partial charge in [0.1, 0.15) is 5.82 Å². The lowest BCUT2D eigenvalue weighted by atomic mass is 10.1. The number of piperazine rings is 1. The molecule has 1 heterocycles. The number of amides is 3. The first kappa shape index (κ1) is 13.2. The molecule has 7 heteroatoms. The number of hydrogen-bond donors (Lipinski definition) is 2. The summed E-state index contributed by atoms with van der Waals surface area (Å²) >= 11 is 0. The van der Waals surface area contributed by atoms with Gasteiger partial charge in [0.05, 0.1) is 19.6 Å². The summed E-state index contributed by atoms with van der Waals surface area (Å²) in [6, 6.07) is 3.70. The van der Waals surface area contributed by atoms with Crippen molar-refractivity contribution in [1.82, 2.24) is 10.2 Å². The lowest BCUT2D eigenvalue weighted by Crippen LogP contribution is -2.51. The number of rotatable bonds is 3. The third-order valence-electron chi connectivity index (χ3n) is 2.82. The molecule has 1 saturated heterocycles. The number of hydrogen-bond acceptors (Lipinski definition) is 4. The predicted octanol–water partition coefficient (Wildman–Crippen LogP) is -0.617. The van der Waals surface area contributed by atoms with Gasteiger partial charge in [0, 0.05) is 11.1 Å². The van der Waals surface area contributed by atoms with E-state index in [0.29, 0.717) is 0 Å². The van der Waals surface area contributed by atoms with Crippen molar-refractivity contribution in [2.45, 2.75) is 6.54 Å². The first-order chi connectivity index (χ1) is 8.99. The molecular formula is C12H12FN3O3. The Morgan fingerprint density at radius 3 is 2.47 bits per heavy atom. The summed E-state index contributed by atoms with van der Waals surface area (Å²) in [6.45, 7) is -0.0519. The summed E-state index contributed by atoms with van der Waals surface area (Å²) in [5.41, 5.74) is 5.23. The lowest BCUT2D eigenvalue weighted by Gasteiger charge is -2.25. The molecule has 1 aromatic carbocycles. The summed E-state index contributed by atoms with van der Waals surface area (Å²) in [4.78, 5) is 35.0. The monoisotopic (exact) mass is 265 g/mol. The SMILES string of the molecule is NC(=O)c1ccc(CN2C(=O)CNCC2=O)c(F)c1. The Hall–Kier alpha value is -2.28. The van der Waals surface area contributed by atoms with Gasteiger partial charge in [-0.1, -0.05) is 6.07 Å². The van der Waals surface area contributed by atoms with Crippen LogP contribution in [-0.2, 0) is 16.1 Å². The van der Waals surface area contributed by atoms with Gasteiger partial charge in [-0.05, 0) is 12.1 Å². The molecule has 0 unspecified atom stereocenters. The molecule has 0 bridgehead atoms. The van der Waals surface area contributed by atoms with Gasteiger partial charge in [-0.3, -0.25) is 24.6 Å². The van der Waals surface area contributed by atoms with E-state index < -0.39 is 23.5 Å². The highest BCUT2D eigenvalue weighted by atomic mass is 19.1. The largest absolute Gasteiger partial charge is 0.366 e. The van der Waals surface area contributed by atoms with Gasteiger partial charge in [0.2, 0.25) is 17.7 Å². The minimum atomic E-state index is -0.736. The van der Waals surface area contributed by atoms with Crippen LogP contribution < -0.4 is 11.1 Å². The Morgan fingerprint density at radius 1 is 1.32 bits per heavy atom. The number of nitrogens with zero attached hydrogens (tertiary/aromatic N) is 1. The standard InChI is InChI=1S/C12H12FN3O3/c13-9-3-7(12(14)19)1-2-8(9)6-16-10(17)4-15-5-11(16)18/h1-3,15H,4-6H2,(H2,14,19). The van der Waals surface area contributed by atoms with E-state index in [2.05, 4.69) is 5.32 Å². The molecule has 6 nitrogen and oxygen atoms in total. The van der Waals surface area contributed by atoms with Gasteiger partial charge >= 0.3 is 0 Å². The summed E-state index contributed by atoms with van der Waals surface area (Å²) in [5.74, 6) is -2.22. The minimum absolute atomic E-state index is 0.0409. The molecule has 3 amide bonds. The van der Waals surface area contributed by atoms with Gasteiger partial charge in [-0.15, -0.1) is 0 Å². The van der Waals surface area contributed by atoms with Crippen molar-refractivity contribution in [2.24, 2.45) is 5.73 Å². The average molecular weight is 265 g/mol. The van der Waals surface area contributed by atoms with Crippen LogP contribution in [0.2, 0.25) is 0 Å². The van der Waals surface area contributed by atoms with E-state index in [1.165, 1.54) is 12.1 Å². The molecule has 3 N–H and O–H groups in total. The van der Waals surface area contributed by atoms with E-state index in [4.69, 9.17) is 5.73 Å². The van der Waals surface area contributed by atoms with E-state index in [1.807, 2.05) is 0 Å². The second-order valence-electron chi connectivity index (χ2n) is 4.15. The van der Waals surface area contributed by atoms with Crippen LogP contribution in [0.3, 0.4) is 0 Å². The van der Waals surface area contributed by atoms with Crippen LogP contribution in [0.5, 0.6) is 0 Å². The number of benzene rings is 1. The number of carbonyl (C=O) groups excluding carboxylic acids is 3. The first-order valence-corrected chi connectivity index (χ1v) is 5.61. The van der Waals surface area contributed by atoms with Crippen molar-refractivity contribution in [3.63, 3.8) is 0 Å². The quantitative estimate of drug-likeness (QED) is 0.713. The number of imide groups is 1. The zero-order valence-electron chi connectivity index (χ0n) is 9.98. The highest BCUT2D eigenvalue weighted by Crippen LogP contribution is 2.14. The molecule has 0 aromatic heterocycles. The molecule has 0 spiro atoms. The van der Waals surface area contributed by atoms with Crippen LogP contribution in [0.4, 0.5) is 4.39 Å². The molecule has 19 heavy (non-hydrogen) atoms. The summed E-state index contributed by atoms with van der Waals surface area (Å²) in [7, 11) is 0.